The smallest absolute Gasteiger partial charge is 0.417 e. The maximum atomic E-state index is 14.1. The molecule has 3 aromatic rings. The Hall–Kier alpha value is -3.61. The first kappa shape index (κ1) is 24.5. The Bertz CT molecular complexity index is 1210. The van der Waals surface area contributed by atoms with Crippen molar-refractivity contribution in [1.29, 1.82) is 0 Å². The first-order valence-electron chi connectivity index (χ1n) is 11.4. The summed E-state index contributed by atoms with van der Waals surface area (Å²) in [5.74, 6) is -1.56. The van der Waals surface area contributed by atoms with E-state index in [4.69, 9.17) is 9.47 Å². The van der Waals surface area contributed by atoms with Crippen LogP contribution >= 0.6 is 0 Å². The second kappa shape index (κ2) is 9.56. The molecule has 0 saturated heterocycles. The highest BCUT2D eigenvalue weighted by Crippen LogP contribution is 2.45. The van der Waals surface area contributed by atoms with Crippen LogP contribution in [0.25, 0.3) is 22.3 Å². The van der Waals surface area contributed by atoms with Crippen molar-refractivity contribution in [3.05, 3.63) is 83.4 Å². The Morgan fingerprint density at radius 1 is 0.771 bits per heavy atom. The van der Waals surface area contributed by atoms with E-state index in [-0.39, 0.29) is 31.6 Å². The highest BCUT2D eigenvalue weighted by atomic mass is 19.4. The van der Waals surface area contributed by atoms with Crippen LogP contribution in [0.1, 0.15) is 30.5 Å². The zero-order valence-corrected chi connectivity index (χ0v) is 19.4. The summed E-state index contributed by atoms with van der Waals surface area (Å²) >= 11 is 0. The molecular weight excluding hydrogens is 457 g/mol. The zero-order chi connectivity index (χ0) is 25.2. The van der Waals surface area contributed by atoms with E-state index in [1.54, 1.807) is 38.1 Å². The molecule has 4 rings (SSSR count). The third-order valence-electron chi connectivity index (χ3n) is 6.26. The third kappa shape index (κ3) is 4.67. The normalized spacial score (nSPS) is 14.3. The number of benzene rings is 3. The molecule has 0 atom stereocenters. The predicted molar refractivity (Wildman–Crippen MR) is 125 cm³/mol. The van der Waals surface area contributed by atoms with E-state index in [0.717, 1.165) is 17.2 Å². The van der Waals surface area contributed by atoms with Crippen molar-refractivity contribution < 1.29 is 32.2 Å². The molecule has 0 N–H and O–H groups in total. The number of carbonyl (C=O) groups excluding carboxylic acids is 2. The second-order valence-electron chi connectivity index (χ2n) is 8.48. The van der Waals surface area contributed by atoms with E-state index in [1.165, 1.54) is 6.07 Å². The summed E-state index contributed by atoms with van der Waals surface area (Å²) in [5, 5.41) is 0. The quantitative estimate of drug-likeness (QED) is 0.308. The van der Waals surface area contributed by atoms with Gasteiger partial charge in [-0.1, -0.05) is 60.7 Å². The number of fused-ring (bicyclic) bond motifs is 1. The zero-order valence-electron chi connectivity index (χ0n) is 19.4. The van der Waals surface area contributed by atoms with Crippen LogP contribution in [0.15, 0.2) is 66.7 Å². The van der Waals surface area contributed by atoms with Crippen LogP contribution in [-0.4, -0.2) is 25.2 Å². The first-order valence-corrected chi connectivity index (χ1v) is 11.4. The highest BCUT2D eigenvalue weighted by Gasteiger charge is 2.53. The Kier molecular flexibility index (Phi) is 6.70. The van der Waals surface area contributed by atoms with Gasteiger partial charge in [-0.25, -0.2) is 0 Å². The average Bonchev–Trinajstić information content (AvgIpc) is 3.24. The summed E-state index contributed by atoms with van der Waals surface area (Å²) in [5.41, 5.74) is 0.526. The van der Waals surface area contributed by atoms with Crippen LogP contribution < -0.4 is 0 Å². The van der Waals surface area contributed by atoms with Crippen LogP contribution in [0, 0.1) is 5.41 Å². The van der Waals surface area contributed by atoms with Crippen molar-refractivity contribution in [1.82, 2.24) is 0 Å². The Labute approximate surface area is 201 Å². The minimum atomic E-state index is -4.62. The summed E-state index contributed by atoms with van der Waals surface area (Å²) in [6.45, 7) is 3.31. The molecule has 4 nitrogen and oxygen atoms in total. The molecule has 1 aliphatic rings. The van der Waals surface area contributed by atoms with Gasteiger partial charge in [0.15, 0.2) is 5.41 Å². The molecule has 0 radical (unpaired) electrons. The molecule has 1 aliphatic carbocycles. The molecule has 0 amide bonds. The van der Waals surface area contributed by atoms with Crippen LogP contribution in [0.4, 0.5) is 13.2 Å². The SMILES string of the molecule is CCOC(=O)C1(C(=O)OCC)Cc2cc(-c3ccc(-c4ccccc4)cc3)c(C(F)(F)F)cc2C1. The van der Waals surface area contributed by atoms with Crippen LogP contribution in [0.5, 0.6) is 0 Å². The minimum absolute atomic E-state index is 0.000575. The van der Waals surface area contributed by atoms with Gasteiger partial charge >= 0.3 is 18.1 Å². The molecule has 0 bridgehead atoms. The number of alkyl halides is 3. The van der Waals surface area contributed by atoms with Crippen molar-refractivity contribution >= 4 is 11.9 Å². The summed E-state index contributed by atoms with van der Waals surface area (Å²) in [4.78, 5) is 25.6. The Balaban J connectivity index is 1.78. The van der Waals surface area contributed by atoms with Crippen molar-refractivity contribution in [2.24, 2.45) is 5.41 Å². The monoisotopic (exact) mass is 482 g/mol. The fourth-order valence-electron chi connectivity index (χ4n) is 4.59. The van der Waals surface area contributed by atoms with Crippen LogP contribution in [0.3, 0.4) is 0 Å². The molecule has 182 valence electrons. The van der Waals surface area contributed by atoms with Gasteiger partial charge in [0.25, 0.3) is 0 Å². The molecule has 0 heterocycles. The van der Waals surface area contributed by atoms with Gasteiger partial charge in [-0.2, -0.15) is 13.2 Å². The highest BCUT2D eigenvalue weighted by molar-refractivity contribution is 6.01. The molecule has 35 heavy (non-hydrogen) atoms. The third-order valence-corrected chi connectivity index (χ3v) is 6.26. The standard InChI is InChI=1S/C28H25F3O4/c1-3-34-25(32)27(26(33)35-4-2)16-21-14-23(24(28(29,30)31)15-22(21)17-27)20-12-10-19(11-13-20)18-8-6-5-7-9-18/h5-15H,3-4,16-17H2,1-2H3. The van der Waals surface area contributed by atoms with E-state index in [0.29, 0.717) is 16.7 Å². The molecule has 0 aromatic heterocycles. The lowest BCUT2D eigenvalue weighted by Crippen LogP contribution is -2.43. The van der Waals surface area contributed by atoms with Gasteiger partial charge in [0.1, 0.15) is 0 Å². The lowest BCUT2D eigenvalue weighted by Gasteiger charge is -2.23. The van der Waals surface area contributed by atoms with Crippen molar-refractivity contribution in [3.63, 3.8) is 0 Å². The van der Waals surface area contributed by atoms with Crippen LogP contribution in [0.2, 0.25) is 0 Å². The van der Waals surface area contributed by atoms with E-state index in [1.807, 2.05) is 30.3 Å². The number of rotatable bonds is 6. The van der Waals surface area contributed by atoms with Crippen molar-refractivity contribution in [3.8, 4) is 22.3 Å². The summed E-state index contributed by atoms with van der Waals surface area (Å²) in [6.07, 6.45) is -4.90. The van der Waals surface area contributed by atoms with Crippen molar-refractivity contribution in [2.75, 3.05) is 13.2 Å². The molecule has 0 aliphatic heterocycles. The van der Waals surface area contributed by atoms with Gasteiger partial charge in [-0.05, 0) is 66.1 Å². The number of hydrogen-bond acceptors (Lipinski definition) is 4. The number of carbonyl (C=O) groups is 2. The van der Waals surface area contributed by atoms with Gasteiger partial charge in [0.05, 0.1) is 18.8 Å². The van der Waals surface area contributed by atoms with E-state index in [9.17, 15) is 22.8 Å². The summed E-state index contributed by atoms with van der Waals surface area (Å²) < 4.78 is 52.6. The number of halogens is 3. The number of ether oxygens (including phenoxy) is 2. The van der Waals surface area contributed by atoms with E-state index < -0.39 is 29.1 Å². The van der Waals surface area contributed by atoms with Gasteiger partial charge in [0, 0.05) is 0 Å². The predicted octanol–water partition coefficient (Wildman–Crippen LogP) is 6.25. The molecule has 0 unspecified atom stereocenters. The second-order valence-corrected chi connectivity index (χ2v) is 8.48. The van der Waals surface area contributed by atoms with Crippen molar-refractivity contribution in [2.45, 2.75) is 32.9 Å². The van der Waals surface area contributed by atoms with Gasteiger partial charge in [0.2, 0.25) is 0 Å². The largest absolute Gasteiger partial charge is 0.465 e. The number of hydrogen-bond donors (Lipinski definition) is 0. The first-order chi connectivity index (χ1) is 16.7. The fourth-order valence-corrected chi connectivity index (χ4v) is 4.59. The Morgan fingerprint density at radius 3 is 1.77 bits per heavy atom. The molecule has 0 spiro atoms. The summed E-state index contributed by atoms with van der Waals surface area (Å²) in [7, 11) is 0. The Morgan fingerprint density at radius 2 is 1.26 bits per heavy atom. The van der Waals surface area contributed by atoms with E-state index in [2.05, 4.69) is 0 Å². The number of esters is 2. The fraction of sp³-hybridized carbons (Fsp3) is 0.286. The van der Waals surface area contributed by atoms with E-state index >= 15 is 0 Å². The van der Waals surface area contributed by atoms with Gasteiger partial charge in [-0.15, -0.1) is 0 Å². The average molecular weight is 482 g/mol. The topological polar surface area (TPSA) is 52.6 Å². The molecule has 3 aromatic carbocycles. The van der Waals surface area contributed by atoms with Gasteiger partial charge < -0.3 is 9.47 Å². The summed E-state index contributed by atoms with van der Waals surface area (Å²) in [6, 6.07) is 18.9. The lowest BCUT2D eigenvalue weighted by molar-refractivity contribution is -0.171. The molecule has 0 fully saturated rings. The molecular formula is C28H25F3O4. The lowest BCUT2D eigenvalue weighted by atomic mass is 9.84. The minimum Gasteiger partial charge on any atom is -0.465 e. The van der Waals surface area contributed by atoms with Crippen LogP contribution in [-0.2, 0) is 38.1 Å². The van der Waals surface area contributed by atoms with Gasteiger partial charge in [-0.3, -0.25) is 9.59 Å². The molecule has 7 heteroatoms. The maximum absolute atomic E-state index is 14.1. The maximum Gasteiger partial charge on any atom is 0.417 e. The molecule has 0 saturated carbocycles.